The SMILES string of the molecule is C[C@@H](OC(=O)Nc1c(-c2ccc(NC(=O)C3CN(CC(F)(F)F)C3)cn2)nnn1C)c1cccnc1Cl. The molecule has 3 aromatic heterocycles. The van der Waals surface area contributed by atoms with E-state index >= 15 is 0 Å². The number of hydrogen-bond donors (Lipinski definition) is 2. The zero-order valence-electron chi connectivity index (χ0n) is 19.7. The fourth-order valence-electron chi connectivity index (χ4n) is 3.69. The average molecular weight is 539 g/mol. The molecule has 0 spiro atoms. The van der Waals surface area contributed by atoms with Gasteiger partial charge in [0.1, 0.15) is 11.3 Å². The van der Waals surface area contributed by atoms with Crippen molar-refractivity contribution in [3.05, 3.63) is 47.4 Å². The molecule has 4 rings (SSSR count). The second-order valence-corrected chi connectivity index (χ2v) is 8.75. The first-order valence-electron chi connectivity index (χ1n) is 11.0. The molecule has 2 N–H and O–H groups in total. The zero-order valence-corrected chi connectivity index (χ0v) is 20.4. The van der Waals surface area contributed by atoms with Gasteiger partial charge in [0.15, 0.2) is 11.5 Å². The number of ether oxygens (including phenoxy) is 1. The molecule has 1 fully saturated rings. The van der Waals surface area contributed by atoms with Crippen molar-refractivity contribution in [2.75, 3.05) is 30.3 Å². The van der Waals surface area contributed by atoms with Crippen molar-refractivity contribution in [2.24, 2.45) is 13.0 Å². The lowest BCUT2D eigenvalue weighted by Gasteiger charge is -2.38. The van der Waals surface area contributed by atoms with Crippen molar-refractivity contribution in [2.45, 2.75) is 19.2 Å². The Labute approximate surface area is 214 Å². The molecule has 0 radical (unpaired) electrons. The van der Waals surface area contributed by atoms with Gasteiger partial charge in [-0.3, -0.25) is 20.0 Å². The van der Waals surface area contributed by atoms with Gasteiger partial charge in [-0.2, -0.15) is 13.2 Å². The van der Waals surface area contributed by atoms with Crippen LogP contribution in [0.15, 0.2) is 36.7 Å². The summed E-state index contributed by atoms with van der Waals surface area (Å²) in [5.41, 5.74) is 1.51. The summed E-state index contributed by atoms with van der Waals surface area (Å²) in [7, 11) is 1.57. The standard InChI is InChI=1S/C22H22ClF3N8O3/c1-12(15-4-3-7-27-18(15)23)37-21(36)30-19-17(31-32-33(19)2)16-6-5-14(8-28-16)29-20(35)13-9-34(10-13)11-22(24,25)26/h3-8,12-13H,9-11H2,1-2H3,(H,29,35)(H,30,36)/t12-/m1/s1. The number of carbonyl (C=O) groups excluding carboxylic acids is 2. The number of nitrogens with zero attached hydrogens (tertiary/aromatic N) is 6. The van der Waals surface area contributed by atoms with E-state index in [2.05, 4.69) is 30.9 Å². The normalized spacial score (nSPS) is 15.1. The largest absolute Gasteiger partial charge is 0.441 e. The summed E-state index contributed by atoms with van der Waals surface area (Å²) in [4.78, 5) is 34.2. The molecule has 4 heterocycles. The first-order chi connectivity index (χ1) is 17.5. The molecule has 0 bridgehead atoms. The Bertz CT molecular complexity index is 1280. The summed E-state index contributed by atoms with van der Waals surface area (Å²) < 4.78 is 44.0. The van der Waals surface area contributed by atoms with Crippen molar-refractivity contribution < 1.29 is 27.5 Å². The fourth-order valence-corrected chi connectivity index (χ4v) is 3.97. The number of nitrogens with one attached hydrogen (secondary N) is 2. The van der Waals surface area contributed by atoms with E-state index in [1.54, 1.807) is 38.2 Å². The van der Waals surface area contributed by atoms with Crippen molar-refractivity contribution in [3.8, 4) is 11.4 Å². The molecule has 1 aliphatic rings. The molecule has 11 nitrogen and oxygen atoms in total. The minimum Gasteiger partial charge on any atom is -0.441 e. The van der Waals surface area contributed by atoms with Crippen LogP contribution in [0.25, 0.3) is 11.4 Å². The van der Waals surface area contributed by atoms with E-state index in [0.29, 0.717) is 16.9 Å². The Morgan fingerprint density at radius 1 is 1.22 bits per heavy atom. The van der Waals surface area contributed by atoms with E-state index in [9.17, 15) is 22.8 Å². The lowest BCUT2D eigenvalue weighted by molar-refractivity contribution is -0.162. The monoisotopic (exact) mass is 538 g/mol. The van der Waals surface area contributed by atoms with E-state index in [4.69, 9.17) is 16.3 Å². The maximum atomic E-state index is 12.5. The zero-order chi connectivity index (χ0) is 26.7. The van der Waals surface area contributed by atoms with Crippen molar-refractivity contribution in [1.29, 1.82) is 0 Å². The summed E-state index contributed by atoms with van der Waals surface area (Å²) in [5.74, 6) is -0.703. The van der Waals surface area contributed by atoms with Gasteiger partial charge in [0.05, 0.1) is 30.0 Å². The highest BCUT2D eigenvalue weighted by Crippen LogP contribution is 2.28. The molecule has 1 saturated heterocycles. The number of alkyl halides is 3. The number of aromatic nitrogens is 5. The molecule has 15 heteroatoms. The number of amides is 2. The number of carbonyl (C=O) groups is 2. The van der Waals surface area contributed by atoms with Gasteiger partial charge in [0.2, 0.25) is 5.91 Å². The number of rotatable bonds is 7. The summed E-state index contributed by atoms with van der Waals surface area (Å²) in [6.07, 6.45) is -2.85. The Hall–Kier alpha value is -3.78. The third kappa shape index (κ3) is 6.51. The van der Waals surface area contributed by atoms with Crippen molar-refractivity contribution in [1.82, 2.24) is 29.9 Å². The van der Waals surface area contributed by atoms with E-state index in [1.165, 1.54) is 17.1 Å². The Morgan fingerprint density at radius 3 is 2.62 bits per heavy atom. The molecule has 196 valence electrons. The number of anilines is 2. The van der Waals surface area contributed by atoms with Crippen LogP contribution in [0.1, 0.15) is 18.6 Å². The highest BCUT2D eigenvalue weighted by atomic mass is 35.5. The van der Waals surface area contributed by atoms with Crippen LogP contribution in [-0.4, -0.2) is 67.7 Å². The summed E-state index contributed by atoms with van der Waals surface area (Å²) in [6.45, 7) is 0.683. The van der Waals surface area contributed by atoms with E-state index in [0.717, 1.165) is 4.90 Å². The maximum absolute atomic E-state index is 12.5. The van der Waals surface area contributed by atoms with Crippen LogP contribution in [0.3, 0.4) is 0 Å². The number of hydrogen-bond acceptors (Lipinski definition) is 8. The Kier molecular flexibility index (Phi) is 7.59. The summed E-state index contributed by atoms with van der Waals surface area (Å²) in [5, 5.41) is 13.4. The average Bonchev–Trinajstić information content (AvgIpc) is 3.16. The van der Waals surface area contributed by atoms with Crippen LogP contribution < -0.4 is 10.6 Å². The van der Waals surface area contributed by atoms with Crippen LogP contribution in [0.4, 0.5) is 29.5 Å². The molecule has 37 heavy (non-hydrogen) atoms. The predicted molar refractivity (Wildman–Crippen MR) is 127 cm³/mol. The van der Waals surface area contributed by atoms with E-state index < -0.39 is 30.8 Å². The fraction of sp³-hybridized carbons (Fsp3) is 0.364. The number of pyridine rings is 2. The van der Waals surface area contributed by atoms with Crippen LogP contribution in [-0.2, 0) is 16.6 Å². The molecule has 0 saturated carbocycles. The molecule has 2 amide bonds. The lowest BCUT2D eigenvalue weighted by Crippen LogP contribution is -2.54. The highest BCUT2D eigenvalue weighted by molar-refractivity contribution is 6.30. The van der Waals surface area contributed by atoms with Gasteiger partial charge >= 0.3 is 12.3 Å². The Balaban J connectivity index is 1.36. The van der Waals surface area contributed by atoms with Gasteiger partial charge in [0.25, 0.3) is 0 Å². The van der Waals surface area contributed by atoms with E-state index in [1.807, 2.05) is 0 Å². The third-order valence-corrected chi connectivity index (χ3v) is 5.88. The highest BCUT2D eigenvalue weighted by Gasteiger charge is 2.39. The van der Waals surface area contributed by atoms with Crippen LogP contribution in [0.2, 0.25) is 5.15 Å². The van der Waals surface area contributed by atoms with Gasteiger partial charge in [0, 0.05) is 31.9 Å². The molecule has 3 aromatic rings. The van der Waals surface area contributed by atoms with Gasteiger partial charge in [-0.15, -0.1) is 5.10 Å². The smallest absolute Gasteiger partial charge is 0.413 e. The van der Waals surface area contributed by atoms with Gasteiger partial charge in [-0.25, -0.2) is 14.5 Å². The molecule has 0 aromatic carbocycles. The molecule has 0 aliphatic carbocycles. The third-order valence-electron chi connectivity index (χ3n) is 5.56. The minimum atomic E-state index is -4.29. The topological polar surface area (TPSA) is 127 Å². The number of aryl methyl sites for hydroxylation is 1. The van der Waals surface area contributed by atoms with E-state index in [-0.39, 0.29) is 35.7 Å². The van der Waals surface area contributed by atoms with Crippen molar-refractivity contribution >= 4 is 35.1 Å². The van der Waals surface area contributed by atoms with Crippen molar-refractivity contribution in [3.63, 3.8) is 0 Å². The van der Waals surface area contributed by atoms with Gasteiger partial charge < -0.3 is 10.1 Å². The first kappa shape index (κ1) is 26.3. The van der Waals surface area contributed by atoms with Gasteiger partial charge in [-0.1, -0.05) is 22.9 Å². The van der Waals surface area contributed by atoms with Gasteiger partial charge in [-0.05, 0) is 25.1 Å². The molecular formula is C22H22ClF3N8O3. The molecular weight excluding hydrogens is 517 g/mol. The molecule has 1 atom stereocenters. The second-order valence-electron chi connectivity index (χ2n) is 8.39. The number of likely N-dealkylation sites (tertiary alicyclic amines) is 1. The molecule has 1 aliphatic heterocycles. The maximum Gasteiger partial charge on any atom is 0.413 e. The second kappa shape index (κ2) is 10.7. The summed E-state index contributed by atoms with van der Waals surface area (Å²) >= 11 is 6.05. The Morgan fingerprint density at radius 2 is 1.97 bits per heavy atom. The predicted octanol–water partition coefficient (Wildman–Crippen LogP) is 3.67. The first-order valence-corrected chi connectivity index (χ1v) is 11.4. The molecule has 0 unspecified atom stereocenters. The minimum absolute atomic E-state index is 0.0349. The summed E-state index contributed by atoms with van der Waals surface area (Å²) in [6, 6.07) is 6.49. The van der Waals surface area contributed by atoms with Crippen LogP contribution >= 0.6 is 11.6 Å². The van der Waals surface area contributed by atoms with Crippen LogP contribution in [0.5, 0.6) is 0 Å². The van der Waals surface area contributed by atoms with Crippen LogP contribution in [0, 0.1) is 5.92 Å². The number of halogens is 4. The lowest BCUT2D eigenvalue weighted by atomic mass is 9.99. The quantitative estimate of drug-likeness (QED) is 0.436.